The summed E-state index contributed by atoms with van der Waals surface area (Å²) in [5, 5.41) is 0. The molecular weight excluding hydrogens is 379 g/mol. The molecule has 0 amide bonds. The molecule has 150 valence electrons. The van der Waals surface area contributed by atoms with E-state index in [1.807, 2.05) is 6.07 Å². The highest BCUT2D eigenvalue weighted by molar-refractivity contribution is 7.89. The van der Waals surface area contributed by atoms with Gasteiger partial charge in [0.15, 0.2) is 0 Å². The molecule has 28 heavy (non-hydrogen) atoms. The summed E-state index contributed by atoms with van der Waals surface area (Å²) in [5.74, 6) is 0.282. The van der Waals surface area contributed by atoms with Crippen LogP contribution in [-0.2, 0) is 23.1 Å². The Morgan fingerprint density at radius 1 is 0.964 bits per heavy atom. The number of piperidine rings is 1. The minimum absolute atomic E-state index is 0.0989. The second-order valence-corrected chi connectivity index (χ2v) is 9.36. The third kappa shape index (κ3) is 4.21. The summed E-state index contributed by atoms with van der Waals surface area (Å²) in [5.41, 5.74) is 2.04. The molecule has 0 saturated carbocycles. The van der Waals surface area contributed by atoms with Crippen molar-refractivity contribution < 1.29 is 17.5 Å². The molecule has 0 aliphatic carbocycles. The van der Waals surface area contributed by atoms with Crippen molar-refractivity contribution >= 4 is 10.0 Å². The minimum atomic E-state index is -3.71. The molecule has 2 aliphatic rings. The standard InChI is InChI=1S/C21H25FN2O3S/c22-19-5-7-20(8-6-19)28(25,26)24-12-13-27-21-9-4-17(14-18(21)16-24)15-23-10-2-1-3-11-23/h4-9,14H,1-3,10-13,15-16H2. The van der Waals surface area contributed by atoms with Crippen LogP contribution in [-0.4, -0.2) is 43.9 Å². The fourth-order valence-corrected chi connectivity index (χ4v) is 5.26. The first-order valence-corrected chi connectivity index (χ1v) is 11.2. The largest absolute Gasteiger partial charge is 0.492 e. The molecule has 0 spiro atoms. The normalized spacial score (nSPS) is 18.9. The maximum absolute atomic E-state index is 13.2. The number of sulfonamides is 1. The lowest BCUT2D eigenvalue weighted by Gasteiger charge is -2.26. The summed E-state index contributed by atoms with van der Waals surface area (Å²) >= 11 is 0. The van der Waals surface area contributed by atoms with Crippen LogP contribution in [0.3, 0.4) is 0 Å². The average Bonchev–Trinajstić information content (AvgIpc) is 2.92. The summed E-state index contributed by atoms with van der Waals surface area (Å²) in [6, 6.07) is 11.0. The monoisotopic (exact) mass is 404 g/mol. The van der Waals surface area contributed by atoms with Gasteiger partial charge in [0.25, 0.3) is 0 Å². The summed E-state index contributed by atoms with van der Waals surface area (Å²) in [7, 11) is -3.71. The molecular formula is C21H25FN2O3S. The van der Waals surface area contributed by atoms with Crippen molar-refractivity contribution in [2.45, 2.75) is 37.2 Å². The van der Waals surface area contributed by atoms with E-state index in [4.69, 9.17) is 4.74 Å². The zero-order valence-corrected chi connectivity index (χ0v) is 16.6. The van der Waals surface area contributed by atoms with Gasteiger partial charge < -0.3 is 4.74 Å². The highest BCUT2D eigenvalue weighted by Gasteiger charge is 2.28. The van der Waals surface area contributed by atoms with Crippen molar-refractivity contribution in [3.8, 4) is 5.75 Å². The number of fused-ring (bicyclic) bond motifs is 1. The molecule has 5 nitrogen and oxygen atoms in total. The van der Waals surface area contributed by atoms with Crippen molar-refractivity contribution in [2.24, 2.45) is 0 Å². The lowest BCUT2D eigenvalue weighted by atomic mass is 10.1. The Labute approximate surface area is 165 Å². The highest BCUT2D eigenvalue weighted by atomic mass is 32.2. The maximum atomic E-state index is 13.2. The fourth-order valence-electron chi connectivity index (χ4n) is 3.86. The Bertz CT molecular complexity index is 925. The SMILES string of the molecule is O=S(=O)(c1ccc(F)cc1)N1CCOc2ccc(CN3CCCCC3)cc2C1. The Balaban J connectivity index is 1.56. The van der Waals surface area contributed by atoms with Crippen LogP contribution in [0.5, 0.6) is 5.75 Å². The average molecular weight is 405 g/mol. The Hall–Kier alpha value is -1.96. The van der Waals surface area contributed by atoms with Crippen molar-refractivity contribution in [1.82, 2.24) is 9.21 Å². The van der Waals surface area contributed by atoms with Crippen LogP contribution in [0.15, 0.2) is 47.4 Å². The van der Waals surface area contributed by atoms with E-state index in [-0.39, 0.29) is 18.0 Å². The summed E-state index contributed by atoms with van der Waals surface area (Å²) < 4.78 is 46.4. The van der Waals surface area contributed by atoms with E-state index in [0.29, 0.717) is 6.61 Å². The molecule has 0 bridgehead atoms. The van der Waals surface area contributed by atoms with E-state index in [2.05, 4.69) is 17.0 Å². The van der Waals surface area contributed by atoms with Crippen LogP contribution in [0.2, 0.25) is 0 Å². The molecule has 0 aromatic heterocycles. The van der Waals surface area contributed by atoms with Crippen LogP contribution in [0.25, 0.3) is 0 Å². The van der Waals surface area contributed by atoms with E-state index >= 15 is 0 Å². The minimum Gasteiger partial charge on any atom is -0.492 e. The second-order valence-electron chi connectivity index (χ2n) is 7.42. The van der Waals surface area contributed by atoms with E-state index < -0.39 is 15.8 Å². The maximum Gasteiger partial charge on any atom is 0.243 e. The molecule has 2 heterocycles. The third-order valence-corrected chi connectivity index (χ3v) is 7.24. The van der Waals surface area contributed by atoms with Crippen molar-refractivity contribution in [1.29, 1.82) is 0 Å². The van der Waals surface area contributed by atoms with Crippen LogP contribution in [0.1, 0.15) is 30.4 Å². The number of halogens is 1. The lowest BCUT2D eigenvalue weighted by molar-refractivity contribution is 0.221. The molecule has 2 aromatic rings. The van der Waals surface area contributed by atoms with Gasteiger partial charge in [-0.3, -0.25) is 4.90 Å². The summed E-state index contributed by atoms with van der Waals surface area (Å²) in [6.45, 7) is 3.90. The van der Waals surface area contributed by atoms with Crippen LogP contribution < -0.4 is 4.74 Å². The summed E-state index contributed by atoms with van der Waals surface area (Å²) in [4.78, 5) is 2.54. The van der Waals surface area contributed by atoms with E-state index in [1.165, 1.54) is 53.4 Å². The first kappa shape index (κ1) is 19.4. The van der Waals surface area contributed by atoms with Crippen LogP contribution in [0.4, 0.5) is 4.39 Å². The van der Waals surface area contributed by atoms with Gasteiger partial charge in [0.2, 0.25) is 10.0 Å². The Kier molecular flexibility index (Phi) is 5.66. The Morgan fingerprint density at radius 2 is 1.71 bits per heavy atom. The molecule has 7 heteroatoms. The third-order valence-electron chi connectivity index (χ3n) is 5.38. The topological polar surface area (TPSA) is 49.9 Å². The van der Waals surface area contributed by atoms with Gasteiger partial charge in [0.1, 0.15) is 18.2 Å². The first-order valence-electron chi connectivity index (χ1n) is 9.75. The van der Waals surface area contributed by atoms with Crippen LogP contribution in [0, 0.1) is 5.82 Å². The molecule has 1 fully saturated rings. The van der Waals surface area contributed by atoms with Gasteiger partial charge in [-0.1, -0.05) is 12.5 Å². The number of likely N-dealkylation sites (tertiary alicyclic amines) is 1. The number of benzene rings is 2. The molecule has 2 aromatic carbocycles. The first-order chi connectivity index (χ1) is 13.5. The zero-order chi connectivity index (χ0) is 19.6. The van der Waals surface area contributed by atoms with Gasteiger partial charge in [0.05, 0.1) is 4.90 Å². The molecule has 1 saturated heterocycles. The van der Waals surface area contributed by atoms with Gasteiger partial charge >= 0.3 is 0 Å². The number of hydrogen-bond donors (Lipinski definition) is 0. The van der Waals surface area contributed by atoms with Crippen molar-refractivity contribution in [2.75, 3.05) is 26.2 Å². The Morgan fingerprint density at radius 3 is 2.46 bits per heavy atom. The van der Waals surface area contributed by atoms with Gasteiger partial charge in [-0.15, -0.1) is 0 Å². The quantitative estimate of drug-likeness (QED) is 0.784. The lowest BCUT2D eigenvalue weighted by Crippen LogP contribution is -2.32. The van der Waals surface area contributed by atoms with E-state index in [0.717, 1.165) is 30.9 Å². The zero-order valence-electron chi connectivity index (χ0n) is 15.8. The van der Waals surface area contributed by atoms with Gasteiger partial charge in [-0.05, 0) is 67.9 Å². The number of rotatable bonds is 4. The molecule has 0 atom stereocenters. The number of ether oxygens (including phenoxy) is 1. The molecule has 0 radical (unpaired) electrons. The molecule has 0 unspecified atom stereocenters. The van der Waals surface area contributed by atoms with Gasteiger partial charge in [0, 0.05) is 25.2 Å². The highest BCUT2D eigenvalue weighted by Crippen LogP contribution is 2.28. The predicted octanol–water partition coefficient (Wildman–Crippen LogP) is 3.39. The number of hydrogen-bond acceptors (Lipinski definition) is 4. The molecule has 0 N–H and O–H groups in total. The van der Waals surface area contributed by atoms with Gasteiger partial charge in [-0.25, -0.2) is 12.8 Å². The van der Waals surface area contributed by atoms with Crippen molar-refractivity contribution in [3.05, 3.63) is 59.4 Å². The van der Waals surface area contributed by atoms with Crippen molar-refractivity contribution in [3.63, 3.8) is 0 Å². The van der Waals surface area contributed by atoms with Gasteiger partial charge in [-0.2, -0.15) is 4.31 Å². The predicted molar refractivity (Wildman–Crippen MR) is 105 cm³/mol. The fraction of sp³-hybridized carbons (Fsp3) is 0.429. The molecule has 2 aliphatic heterocycles. The van der Waals surface area contributed by atoms with Crippen LogP contribution >= 0.6 is 0 Å². The second kappa shape index (κ2) is 8.19. The van der Waals surface area contributed by atoms with E-state index in [9.17, 15) is 12.8 Å². The smallest absolute Gasteiger partial charge is 0.243 e. The van der Waals surface area contributed by atoms with E-state index in [1.54, 1.807) is 0 Å². The molecule has 4 rings (SSSR count). The summed E-state index contributed by atoms with van der Waals surface area (Å²) in [6.07, 6.45) is 3.76. The number of nitrogens with zero attached hydrogens (tertiary/aromatic N) is 2.